The van der Waals surface area contributed by atoms with Crippen molar-refractivity contribution in [3.8, 4) is 0 Å². The topological polar surface area (TPSA) is 0 Å². The fourth-order valence-electron chi connectivity index (χ4n) is 0. The molecule has 0 aromatic heterocycles. The van der Waals surface area contributed by atoms with Gasteiger partial charge in [-0.3, -0.25) is 0 Å². The van der Waals surface area contributed by atoms with E-state index in [4.69, 9.17) is 0 Å². The molecule has 0 fully saturated rings. The van der Waals surface area contributed by atoms with Crippen molar-refractivity contribution in [2.45, 2.75) is 0 Å². The molecule has 0 saturated carbocycles. The fraction of sp³-hybridized carbons (Fsp3) is 0. The van der Waals surface area contributed by atoms with Gasteiger partial charge in [-0.1, -0.05) is 0 Å². The van der Waals surface area contributed by atoms with Crippen LogP contribution in [-0.2, 0) is 0 Å². The van der Waals surface area contributed by atoms with Crippen LogP contribution in [0.4, 0.5) is 0 Å². The van der Waals surface area contributed by atoms with Crippen molar-refractivity contribution >= 4 is 92.7 Å². The molecular formula is AlGaInP3. The molecule has 0 unspecified atom stereocenters. The predicted octanol–water partition coefficient (Wildman–Crippen LogP) is 1.44. The van der Waals surface area contributed by atoms with Crippen LogP contribution < -0.4 is 0 Å². The SMILES string of the molecule is [Al+3].[Ga+3].[In+3].[P-3].[P-3].[P-3]. The molecule has 0 aliphatic heterocycles. The third-order valence-electron chi connectivity index (χ3n) is 0. The van der Waals surface area contributed by atoms with Crippen molar-refractivity contribution in [1.29, 1.82) is 0 Å². The Hall–Kier alpha value is 3.33. The van der Waals surface area contributed by atoms with Crippen LogP contribution in [0.5, 0.6) is 0 Å². The van der Waals surface area contributed by atoms with Crippen LogP contribution >= 0.6 is 29.7 Å². The molecule has 0 rings (SSSR count). The number of rotatable bonds is 0. The smallest absolute Gasteiger partial charge is 3.00 e. The Morgan fingerprint density at radius 1 is 0.667 bits per heavy atom. The van der Waals surface area contributed by atoms with Gasteiger partial charge in [0.25, 0.3) is 0 Å². The first kappa shape index (κ1) is 58.4. The average molecular weight is 304 g/mol. The summed E-state index contributed by atoms with van der Waals surface area (Å²) in [6, 6.07) is 0. The van der Waals surface area contributed by atoms with E-state index >= 15 is 0 Å². The Labute approximate surface area is 91.6 Å². The summed E-state index contributed by atoms with van der Waals surface area (Å²) in [4.78, 5) is 0. The van der Waals surface area contributed by atoms with Crippen LogP contribution in [0.15, 0.2) is 0 Å². The van der Waals surface area contributed by atoms with Gasteiger partial charge in [0.1, 0.15) is 0 Å². The molecule has 0 aromatic carbocycles. The summed E-state index contributed by atoms with van der Waals surface area (Å²) in [5, 5.41) is 0. The Bertz CT molecular complexity index is 10.8. The van der Waals surface area contributed by atoms with E-state index in [2.05, 4.69) is 0 Å². The second kappa shape index (κ2) is 40.4. The summed E-state index contributed by atoms with van der Waals surface area (Å²) in [5.41, 5.74) is 0. The van der Waals surface area contributed by atoms with E-state index in [1.165, 1.54) is 0 Å². The first-order chi connectivity index (χ1) is 0. The molecule has 0 radical (unpaired) electrons. The van der Waals surface area contributed by atoms with Crippen molar-refractivity contribution in [2.75, 3.05) is 0 Å². The van der Waals surface area contributed by atoms with Crippen molar-refractivity contribution in [3.05, 3.63) is 0 Å². The monoisotopic (exact) mass is 304 g/mol. The van der Waals surface area contributed by atoms with Crippen molar-refractivity contribution < 1.29 is 0 Å². The molecule has 0 amide bonds. The van der Waals surface area contributed by atoms with E-state index in [9.17, 15) is 0 Å². The van der Waals surface area contributed by atoms with E-state index in [-0.39, 0.29) is 92.7 Å². The van der Waals surface area contributed by atoms with Crippen LogP contribution in [0, 0.1) is 0 Å². The minimum atomic E-state index is 0. The molecule has 6 heteroatoms. The van der Waals surface area contributed by atoms with Crippen molar-refractivity contribution in [1.82, 2.24) is 0 Å². The Balaban J connectivity index is 0. The minimum absolute atomic E-state index is 0. The molecule has 0 heterocycles. The minimum Gasteiger partial charge on any atom is -3.00 e. The summed E-state index contributed by atoms with van der Waals surface area (Å²) >= 11 is 0. The van der Waals surface area contributed by atoms with E-state index < -0.39 is 0 Å². The molecule has 0 atom stereocenters. The van der Waals surface area contributed by atoms with Gasteiger partial charge < -0.3 is 29.7 Å². The molecule has 0 aromatic rings. The van der Waals surface area contributed by atoms with Crippen LogP contribution in [0.1, 0.15) is 0 Å². The van der Waals surface area contributed by atoms with Crippen molar-refractivity contribution in [3.63, 3.8) is 0 Å². The van der Waals surface area contributed by atoms with Crippen LogP contribution in [0.3, 0.4) is 0 Å². The standard InChI is InChI=1S/Al.Ga.In.3P/q3*+3;3*-3. The maximum absolute atomic E-state index is 0. The maximum Gasteiger partial charge on any atom is 3.00 e. The zero-order chi connectivity index (χ0) is 0. The molecule has 0 spiro atoms. The largest absolute Gasteiger partial charge is 3.00 e. The van der Waals surface area contributed by atoms with Gasteiger partial charge in [-0.25, -0.2) is 0 Å². The average Bonchev–Trinajstić information content (AvgIpc) is 0. The van der Waals surface area contributed by atoms with Gasteiger partial charge in [-0.15, -0.1) is 0 Å². The zero-order valence-electron chi connectivity index (χ0n) is 3.07. The summed E-state index contributed by atoms with van der Waals surface area (Å²) in [6.45, 7) is 0. The first-order valence-electron chi connectivity index (χ1n) is 0. The number of hydrogen-bond acceptors (Lipinski definition) is 0. The molecule has 0 N–H and O–H groups in total. The molecule has 0 saturated heterocycles. The molecule has 0 bridgehead atoms. The van der Waals surface area contributed by atoms with Gasteiger partial charge in [0.2, 0.25) is 0 Å². The van der Waals surface area contributed by atoms with Gasteiger partial charge in [0, 0.05) is 0 Å². The van der Waals surface area contributed by atoms with Gasteiger partial charge in [0.05, 0.1) is 0 Å². The number of hydrogen-bond donors (Lipinski definition) is 0. The molecule has 0 nitrogen and oxygen atoms in total. The third-order valence-corrected chi connectivity index (χ3v) is 0. The van der Waals surface area contributed by atoms with Crippen LogP contribution in [0.25, 0.3) is 0 Å². The Morgan fingerprint density at radius 2 is 0.667 bits per heavy atom. The van der Waals surface area contributed by atoms with Crippen LogP contribution in [-0.4, -0.2) is 63.0 Å². The molecular weight excluding hydrogens is 304 g/mol. The maximum atomic E-state index is 0. The molecule has 24 valence electrons. The van der Waals surface area contributed by atoms with Gasteiger partial charge in [0.15, 0.2) is 0 Å². The van der Waals surface area contributed by atoms with E-state index in [1.54, 1.807) is 0 Å². The predicted molar refractivity (Wildman–Crippen MR) is 38.0 cm³/mol. The third kappa shape index (κ3) is 26.5. The van der Waals surface area contributed by atoms with E-state index in [1.807, 2.05) is 0 Å². The first-order valence-corrected chi connectivity index (χ1v) is 0. The van der Waals surface area contributed by atoms with Crippen LogP contribution in [0.2, 0.25) is 0 Å². The Morgan fingerprint density at radius 3 is 0.667 bits per heavy atom. The summed E-state index contributed by atoms with van der Waals surface area (Å²) in [5.74, 6) is 0. The van der Waals surface area contributed by atoms with Gasteiger partial charge in [-0.2, -0.15) is 0 Å². The normalized spacial score (nSPS) is 0. The van der Waals surface area contributed by atoms with Crippen molar-refractivity contribution in [2.24, 2.45) is 0 Å². The zero-order valence-corrected chi connectivity index (χ0v) is 12.6. The molecule has 0 aliphatic rings. The van der Waals surface area contributed by atoms with Gasteiger partial charge in [-0.05, 0) is 0 Å². The quantitative estimate of drug-likeness (QED) is 0.469. The molecule has 6 heavy (non-hydrogen) atoms. The molecule has 0 aliphatic carbocycles. The van der Waals surface area contributed by atoms with E-state index in [0.29, 0.717) is 0 Å². The Kier molecular flexibility index (Phi) is 393. The summed E-state index contributed by atoms with van der Waals surface area (Å²) in [6.07, 6.45) is 0. The summed E-state index contributed by atoms with van der Waals surface area (Å²) in [7, 11) is 0. The fourth-order valence-corrected chi connectivity index (χ4v) is 0. The van der Waals surface area contributed by atoms with Gasteiger partial charge >= 0.3 is 63.0 Å². The summed E-state index contributed by atoms with van der Waals surface area (Å²) < 4.78 is 0. The second-order valence-electron chi connectivity index (χ2n) is 0. The second-order valence-corrected chi connectivity index (χ2v) is 0. The van der Waals surface area contributed by atoms with E-state index in [0.717, 1.165) is 0 Å².